The Kier molecular flexibility index (Phi) is 10.2. The topological polar surface area (TPSA) is 182 Å². The molecule has 0 bridgehead atoms. The molecule has 6 atom stereocenters. The van der Waals surface area contributed by atoms with Gasteiger partial charge in [0.1, 0.15) is 40.8 Å². The van der Waals surface area contributed by atoms with Crippen molar-refractivity contribution in [3.63, 3.8) is 0 Å². The average Bonchev–Trinajstić information content (AvgIpc) is 4.11. The Bertz CT molecular complexity index is 2120. The maximum absolute atomic E-state index is 14.9. The van der Waals surface area contributed by atoms with Crippen LogP contribution >= 0.6 is 0 Å². The largest absolute Gasteiger partial charge is 0.497 e. The number of carbonyl (C=O) groups is 4. The van der Waals surface area contributed by atoms with E-state index in [-0.39, 0.29) is 25.5 Å². The molecular formula is C42H55N5O9S. The zero-order valence-corrected chi connectivity index (χ0v) is 34.2. The molecule has 3 saturated carbocycles. The number of carbonyl (C=O) groups excluding carboxylic acids is 4. The van der Waals surface area contributed by atoms with Crippen molar-refractivity contribution in [1.82, 2.24) is 25.2 Å². The molecule has 15 heteroatoms. The Hall–Kier alpha value is -4.40. The van der Waals surface area contributed by atoms with Gasteiger partial charge in [-0.25, -0.2) is 18.2 Å². The molecule has 57 heavy (non-hydrogen) atoms. The van der Waals surface area contributed by atoms with Crippen molar-refractivity contribution in [2.75, 3.05) is 13.7 Å². The molecular weight excluding hydrogens is 751 g/mol. The highest BCUT2D eigenvalue weighted by molar-refractivity contribution is 7.91. The van der Waals surface area contributed by atoms with Crippen LogP contribution in [-0.2, 0) is 42.0 Å². The molecule has 3 aliphatic heterocycles. The molecule has 0 radical (unpaired) electrons. The molecule has 3 N–H and O–H groups in total. The number of allylic oxidation sites excluding steroid dienone is 1. The van der Waals surface area contributed by atoms with Crippen LogP contribution in [0.3, 0.4) is 0 Å². The van der Waals surface area contributed by atoms with E-state index in [1.165, 1.54) is 4.90 Å². The molecule has 2 aromatic rings. The highest BCUT2D eigenvalue weighted by atomic mass is 32.2. The van der Waals surface area contributed by atoms with Crippen molar-refractivity contribution < 1.29 is 41.8 Å². The minimum Gasteiger partial charge on any atom is -0.497 e. The molecule has 1 spiro atoms. The van der Waals surface area contributed by atoms with Gasteiger partial charge in [0.2, 0.25) is 21.8 Å². The lowest BCUT2D eigenvalue weighted by Gasteiger charge is -2.37. The van der Waals surface area contributed by atoms with Crippen molar-refractivity contribution in [3.8, 4) is 11.5 Å². The number of sulfonamides is 1. The zero-order valence-electron chi connectivity index (χ0n) is 33.4. The summed E-state index contributed by atoms with van der Waals surface area (Å²) in [5.74, 6) is -0.571. The van der Waals surface area contributed by atoms with Gasteiger partial charge in [0.25, 0.3) is 5.91 Å². The Morgan fingerprint density at radius 3 is 2.61 bits per heavy atom. The molecule has 14 nitrogen and oxygen atoms in total. The van der Waals surface area contributed by atoms with Crippen LogP contribution in [0.15, 0.2) is 30.4 Å². The highest BCUT2D eigenvalue weighted by Gasteiger charge is 2.64. The summed E-state index contributed by atoms with van der Waals surface area (Å²) in [5.41, 5.74) is 0.0898. The predicted octanol–water partition coefficient (Wildman–Crippen LogP) is 4.76. The summed E-state index contributed by atoms with van der Waals surface area (Å²) in [5, 5.41) is 6.74. The molecule has 3 aliphatic carbocycles. The Labute approximate surface area is 334 Å². The number of benzene rings is 1. The summed E-state index contributed by atoms with van der Waals surface area (Å²) in [6.45, 7) is 5.53. The fraction of sp³-hybridized carbons (Fsp3) is 0.643. The number of ether oxygens (including phenoxy) is 3. The first-order valence-electron chi connectivity index (χ1n) is 20.7. The second kappa shape index (κ2) is 14.8. The number of pyridine rings is 1. The third-order valence-electron chi connectivity index (χ3n) is 13.3. The number of amides is 4. The Morgan fingerprint density at radius 2 is 1.89 bits per heavy atom. The van der Waals surface area contributed by atoms with Crippen LogP contribution < -0.4 is 24.8 Å². The SMILES string of the molecule is CCc1nc2ccc(OC)cc2c2c1O[C@]1(CC2)C[C@H]2C(=O)N[C@]3(C(=O)NS(=O)(=O)C4(C)CC4)C[C@H]3/C=C\CCCCC[C@H](NC(=O)O[C@@H](C)C3CC3)C(=O)N2C1. The number of hydrogen-bond acceptors (Lipinski definition) is 10. The van der Waals surface area contributed by atoms with Crippen LogP contribution in [0.5, 0.6) is 11.5 Å². The van der Waals surface area contributed by atoms with E-state index in [0.717, 1.165) is 47.8 Å². The number of alkyl carbamates (subject to hydrolysis) is 1. The summed E-state index contributed by atoms with van der Waals surface area (Å²) in [6.07, 6.45) is 11.1. The summed E-state index contributed by atoms with van der Waals surface area (Å²) in [6, 6.07) is 3.71. The number of nitrogens with zero attached hydrogens (tertiary/aromatic N) is 2. The minimum atomic E-state index is -3.99. The van der Waals surface area contributed by atoms with Crippen molar-refractivity contribution in [1.29, 1.82) is 0 Å². The molecule has 4 amide bonds. The van der Waals surface area contributed by atoms with Crippen molar-refractivity contribution in [3.05, 3.63) is 41.6 Å². The molecule has 1 aromatic carbocycles. The zero-order chi connectivity index (χ0) is 40.3. The van der Waals surface area contributed by atoms with E-state index in [4.69, 9.17) is 19.2 Å². The maximum atomic E-state index is 14.9. The van der Waals surface area contributed by atoms with Gasteiger partial charge < -0.3 is 29.7 Å². The molecule has 0 unspecified atom stereocenters. The lowest BCUT2D eigenvalue weighted by atomic mass is 9.87. The summed E-state index contributed by atoms with van der Waals surface area (Å²) in [4.78, 5) is 63.3. The molecule has 4 heterocycles. The summed E-state index contributed by atoms with van der Waals surface area (Å²) >= 11 is 0. The Morgan fingerprint density at radius 1 is 1.11 bits per heavy atom. The molecule has 1 aromatic heterocycles. The smallest absolute Gasteiger partial charge is 0.408 e. The number of methoxy groups -OCH3 is 1. The quantitative estimate of drug-likeness (QED) is 0.315. The van der Waals surface area contributed by atoms with Crippen LogP contribution in [0.1, 0.15) is 109 Å². The molecule has 308 valence electrons. The van der Waals surface area contributed by atoms with Gasteiger partial charge in [-0.3, -0.25) is 19.1 Å². The van der Waals surface area contributed by atoms with E-state index < -0.39 is 67.7 Å². The van der Waals surface area contributed by atoms with Crippen LogP contribution in [0, 0.1) is 11.8 Å². The van der Waals surface area contributed by atoms with E-state index in [1.807, 2.05) is 44.2 Å². The van der Waals surface area contributed by atoms with Gasteiger partial charge >= 0.3 is 6.09 Å². The van der Waals surface area contributed by atoms with Crippen LogP contribution in [-0.4, -0.2) is 89.8 Å². The third-order valence-corrected chi connectivity index (χ3v) is 15.4. The lowest BCUT2D eigenvalue weighted by Crippen LogP contribution is -2.58. The van der Waals surface area contributed by atoms with E-state index in [0.29, 0.717) is 68.8 Å². The average molecular weight is 806 g/mol. The van der Waals surface area contributed by atoms with Gasteiger partial charge in [-0.15, -0.1) is 0 Å². The maximum Gasteiger partial charge on any atom is 0.408 e. The summed E-state index contributed by atoms with van der Waals surface area (Å²) < 4.78 is 46.0. The van der Waals surface area contributed by atoms with Gasteiger partial charge in [-0.2, -0.15) is 0 Å². The van der Waals surface area contributed by atoms with Crippen LogP contribution in [0.2, 0.25) is 0 Å². The normalized spacial score (nSPS) is 30.6. The molecule has 4 fully saturated rings. The number of aryl methyl sites for hydroxylation is 2. The highest BCUT2D eigenvalue weighted by Crippen LogP contribution is 2.49. The fourth-order valence-corrected chi connectivity index (χ4v) is 10.3. The number of rotatable bonds is 8. The molecule has 6 aliphatic rings. The van der Waals surface area contributed by atoms with Crippen molar-refractivity contribution >= 4 is 44.7 Å². The second-order valence-electron chi connectivity index (χ2n) is 17.4. The van der Waals surface area contributed by atoms with Crippen molar-refractivity contribution in [2.45, 2.75) is 145 Å². The number of nitrogens with one attached hydrogen (secondary N) is 3. The Balaban J connectivity index is 1.13. The van der Waals surface area contributed by atoms with Gasteiger partial charge in [-0.05, 0) is 109 Å². The summed E-state index contributed by atoms with van der Waals surface area (Å²) in [7, 11) is -2.37. The van der Waals surface area contributed by atoms with Gasteiger partial charge in [0.15, 0.2) is 0 Å². The first kappa shape index (κ1) is 39.4. The van der Waals surface area contributed by atoms with Gasteiger partial charge in [0, 0.05) is 23.3 Å². The van der Waals surface area contributed by atoms with E-state index >= 15 is 0 Å². The molecule has 8 rings (SSSR count). The third kappa shape index (κ3) is 7.56. The first-order valence-corrected chi connectivity index (χ1v) is 22.2. The van der Waals surface area contributed by atoms with Crippen LogP contribution in [0.25, 0.3) is 10.9 Å². The van der Waals surface area contributed by atoms with E-state index in [9.17, 15) is 27.6 Å². The first-order chi connectivity index (χ1) is 27.2. The standard InChI is InChI=1S/C42H55N5O9S/c1-5-31-35-29(30-21-28(54-4)15-16-32(30)43-31)17-18-41(56-35)23-34-36(48)45-42(38(50)46-57(52,53)40(3)19-20-40)22-27(42)11-9-7-6-8-10-12-33(37(49)47(34)24-41)44-39(51)55-25(2)26-13-14-26/h9,11,15-16,21,25-27,33-34H,5-8,10,12-14,17-20,22-24H2,1-4H3,(H,44,51)(H,45,48)(H,46,50)/b11-9-/t25-,27+,33-,34-,41+,42+/m0/s1. The van der Waals surface area contributed by atoms with E-state index in [2.05, 4.69) is 15.4 Å². The fourth-order valence-electron chi connectivity index (χ4n) is 8.95. The minimum absolute atomic E-state index is 0.0592. The number of fused-ring (bicyclic) bond motifs is 5. The van der Waals surface area contributed by atoms with Crippen molar-refractivity contribution in [2.24, 2.45) is 11.8 Å². The second-order valence-corrected chi connectivity index (χ2v) is 19.6. The number of aromatic nitrogens is 1. The van der Waals surface area contributed by atoms with Gasteiger partial charge in [0.05, 0.1) is 29.6 Å². The van der Waals surface area contributed by atoms with Crippen LogP contribution in [0.4, 0.5) is 4.79 Å². The molecule has 1 saturated heterocycles. The lowest BCUT2D eigenvalue weighted by molar-refractivity contribution is -0.141. The monoisotopic (exact) mass is 805 g/mol. The number of hydrogen-bond donors (Lipinski definition) is 3. The van der Waals surface area contributed by atoms with E-state index in [1.54, 1.807) is 14.0 Å². The van der Waals surface area contributed by atoms with Gasteiger partial charge in [-0.1, -0.05) is 31.9 Å². The predicted molar refractivity (Wildman–Crippen MR) is 211 cm³/mol.